The van der Waals surface area contributed by atoms with Gasteiger partial charge in [-0.05, 0) is 32.9 Å². The van der Waals surface area contributed by atoms with Gasteiger partial charge >= 0.3 is 0 Å². The van der Waals surface area contributed by atoms with Gasteiger partial charge in [0.15, 0.2) is 0 Å². The summed E-state index contributed by atoms with van der Waals surface area (Å²) in [5.41, 5.74) is 0. The first-order valence-electron chi connectivity index (χ1n) is 6.56. The molecule has 0 saturated carbocycles. The van der Waals surface area contributed by atoms with Crippen molar-refractivity contribution in [3.05, 3.63) is 12.4 Å². The second-order valence-corrected chi connectivity index (χ2v) is 6.76. The van der Waals surface area contributed by atoms with E-state index in [0.29, 0.717) is 6.54 Å². The predicted octanol–water partition coefficient (Wildman–Crippen LogP) is 0.815. The number of nitrogens with zero attached hydrogens (tertiary/aromatic N) is 2. The van der Waals surface area contributed by atoms with Crippen LogP contribution >= 0.6 is 0 Å². The molecule has 0 aliphatic carbocycles. The smallest absolute Gasteiger partial charge is 0.243 e. The highest BCUT2D eigenvalue weighted by molar-refractivity contribution is 7.89. The zero-order valence-electron chi connectivity index (χ0n) is 12.0. The van der Waals surface area contributed by atoms with Gasteiger partial charge in [0.25, 0.3) is 0 Å². The lowest BCUT2D eigenvalue weighted by Crippen LogP contribution is -2.35. The second-order valence-electron chi connectivity index (χ2n) is 5.05. The summed E-state index contributed by atoms with van der Waals surface area (Å²) in [6.45, 7) is 7.41. The van der Waals surface area contributed by atoms with Crippen LogP contribution < -0.4 is 10.0 Å². The number of hydrogen-bond acceptors (Lipinski definition) is 4. The Bertz CT molecular complexity index is 482. The van der Waals surface area contributed by atoms with Crippen molar-refractivity contribution in [1.29, 1.82) is 0 Å². The minimum absolute atomic E-state index is 0.0994. The molecule has 2 N–H and O–H groups in total. The number of aryl methyl sites for hydroxylation is 1. The Morgan fingerprint density at radius 1 is 1.37 bits per heavy atom. The van der Waals surface area contributed by atoms with Crippen LogP contribution in [0.5, 0.6) is 0 Å². The van der Waals surface area contributed by atoms with Crippen LogP contribution in [0.2, 0.25) is 0 Å². The fourth-order valence-electron chi connectivity index (χ4n) is 1.47. The Balaban J connectivity index is 2.69. The molecule has 0 saturated heterocycles. The Labute approximate surface area is 115 Å². The lowest BCUT2D eigenvalue weighted by atomic mass is 10.1. The molecule has 1 rings (SSSR count). The molecule has 0 amide bonds. The Kier molecular flexibility index (Phi) is 5.96. The van der Waals surface area contributed by atoms with Crippen molar-refractivity contribution in [2.24, 2.45) is 5.92 Å². The minimum Gasteiger partial charge on any atom is -0.320 e. The summed E-state index contributed by atoms with van der Waals surface area (Å²) in [5, 5.41) is 7.12. The zero-order valence-corrected chi connectivity index (χ0v) is 12.9. The molecule has 0 bridgehead atoms. The molecule has 0 aliphatic rings. The van der Waals surface area contributed by atoms with Gasteiger partial charge in [0, 0.05) is 18.8 Å². The van der Waals surface area contributed by atoms with E-state index in [4.69, 9.17) is 0 Å². The molecule has 0 radical (unpaired) electrons. The first kappa shape index (κ1) is 16.1. The molecule has 1 aromatic heterocycles. The topological polar surface area (TPSA) is 76.0 Å². The SMILES string of the molecule is CNCCCn1cc(S(=O)(=O)NC(C)C(C)C)cn1. The summed E-state index contributed by atoms with van der Waals surface area (Å²) in [5.74, 6) is 0.250. The Hall–Kier alpha value is -0.920. The average Bonchev–Trinajstić information content (AvgIpc) is 2.78. The van der Waals surface area contributed by atoms with Crippen molar-refractivity contribution in [3.63, 3.8) is 0 Å². The molecule has 0 aromatic carbocycles. The van der Waals surface area contributed by atoms with E-state index in [9.17, 15) is 8.42 Å². The standard InChI is InChI=1S/C12H24N4O2S/c1-10(2)11(3)15-19(17,18)12-8-14-16(9-12)7-5-6-13-4/h8-11,13,15H,5-7H2,1-4H3. The van der Waals surface area contributed by atoms with Crippen LogP contribution in [0.3, 0.4) is 0 Å². The van der Waals surface area contributed by atoms with Crippen LogP contribution in [0.25, 0.3) is 0 Å². The molecule has 1 atom stereocenters. The summed E-state index contributed by atoms with van der Waals surface area (Å²) in [7, 11) is -1.58. The average molecular weight is 288 g/mol. The largest absolute Gasteiger partial charge is 0.320 e. The van der Waals surface area contributed by atoms with Crippen molar-refractivity contribution in [2.45, 2.75) is 44.7 Å². The summed E-state index contributed by atoms with van der Waals surface area (Å²) in [4.78, 5) is 0.226. The van der Waals surface area contributed by atoms with Gasteiger partial charge in [-0.3, -0.25) is 4.68 Å². The maximum absolute atomic E-state index is 12.1. The van der Waals surface area contributed by atoms with Gasteiger partial charge in [0.1, 0.15) is 4.90 Å². The molecule has 1 heterocycles. The van der Waals surface area contributed by atoms with Gasteiger partial charge in [0.05, 0.1) is 6.20 Å². The zero-order chi connectivity index (χ0) is 14.5. The van der Waals surface area contributed by atoms with E-state index in [-0.39, 0.29) is 16.9 Å². The molecular formula is C12H24N4O2S. The number of hydrogen-bond donors (Lipinski definition) is 2. The fraction of sp³-hybridized carbons (Fsp3) is 0.750. The third kappa shape index (κ3) is 4.93. The van der Waals surface area contributed by atoms with E-state index in [1.165, 1.54) is 6.20 Å². The van der Waals surface area contributed by atoms with Gasteiger partial charge < -0.3 is 5.32 Å². The van der Waals surface area contributed by atoms with E-state index in [0.717, 1.165) is 13.0 Å². The molecule has 1 aromatic rings. The van der Waals surface area contributed by atoms with E-state index >= 15 is 0 Å². The highest BCUT2D eigenvalue weighted by atomic mass is 32.2. The number of sulfonamides is 1. The van der Waals surface area contributed by atoms with Crippen molar-refractivity contribution in [1.82, 2.24) is 19.8 Å². The summed E-state index contributed by atoms with van der Waals surface area (Å²) in [6.07, 6.45) is 3.88. The van der Waals surface area contributed by atoms with Gasteiger partial charge in [-0.2, -0.15) is 5.10 Å². The quantitative estimate of drug-likeness (QED) is 0.694. The highest BCUT2D eigenvalue weighted by Gasteiger charge is 2.20. The Morgan fingerprint density at radius 2 is 2.05 bits per heavy atom. The van der Waals surface area contributed by atoms with E-state index in [2.05, 4.69) is 15.1 Å². The number of aromatic nitrogens is 2. The molecule has 6 nitrogen and oxygen atoms in total. The number of nitrogens with one attached hydrogen (secondary N) is 2. The lowest BCUT2D eigenvalue weighted by Gasteiger charge is -2.16. The Morgan fingerprint density at radius 3 is 2.63 bits per heavy atom. The van der Waals surface area contributed by atoms with Crippen LogP contribution in [0, 0.1) is 5.92 Å². The van der Waals surface area contributed by atoms with Gasteiger partial charge in [-0.1, -0.05) is 13.8 Å². The van der Waals surface area contributed by atoms with Crippen molar-refractivity contribution in [3.8, 4) is 0 Å². The third-order valence-electron chi connectivity index (χ3n) is 3.07. The highest BCUT2D eigenvalue weighted by Crippen LogP contribution is 2.10. The van der Waals surface area contributed by atoms with Crippen molar-refractivity contribution in [2.75, 3.05) is 13.6 Å². The monoisotopic (exact) mass is 288 g/mol. The maximum Gasteiger partial charge on any atom is 0.243 e. The lowest BCUT2D eigenvalue weighted by molar-refractivity contribution is 0.476. The van der Waals surface area contributed by atoms with Gasteiger partial charge in [0.2, 0.25) is 10.0 Å². The van der Waals surface area contributed by atoms with Crippen LogP contribution in [0.1, 0.15) is 27.2 Å². The molecule has 7 heteroatoms. The van der Waals surface area contributed by atoms with E-state index in [1.54, 1.807) is 10.9 Å². The number of rotatable bonds is 8. The van der Waals surface area contributed by atoms with E-state index < -0.39 is 10.0 Å². The van der Waals surface area contributed by atoms with Crippen LogP contribution in [0.4, 0.5) is 0 Å². The summed E-state index contributed by atoms with van der Waals surface area (Å²) < 4.78 is 28.5. The first-order valence-corrected chi connectivity index (χ1v) is 8.04. The third-order valence-corrected chi connectivity index (χ3v) is 4.59. The summed E-state index contributed by atoms with van der Waals surface area (Å²) >= 11 is 0. The maximum atomic E-state index is 12.1. The van der Waals surface area contributed by atoms with Crippen LogP contribution in [-0.2, 0) is 16.6 Å². The molecule has 0 aliphatic heterocycles. The fourth-order valence-corrected chi connectivity index (χ4v) is 2.82. The molecular weight excluding hydrogens is 264 g/mol. The van der Waals surface area contributed by atoms with Gasteiger partial charge in [-0.25, -0.2) is 13.1 Å². The normalized spacial score (nSPS) is 13.9. The summed E-state index contributed by atoms with van der Waals surface area (Å²) in [6, 6.07) is -0.0994. The van der Waals surface area contributed by atoms with Crippen molar-refractivity contribution >= 4 is 10.0 Å². The van der Waals surface area contributed by atoms with E-state index in [1.807, 2.05) is 27.8 Å². The second kappa shape index (κ2) is 7.02. The van der Waals surface area contributed by atoms with Crippen LogP contribution in [-0.4, -0.2) is 37.8 Å². The van der Waals surface area contributed by atoms with Crippen molar-refractivity contribution < 1.29 is 8.42 Å². The molecule has 19 heavy (non-hydrogen) atoms. The minimum atomic E-state index is -3.46. The molecule has 1 unspecified atom stereocenters. The first-order chi connectivity index (χ1) is 8.86. The van der Waals surface area contributed by atoms with Crippen LogP contribution in [0.15, 0.2) is 17.3 Å². The van der Waals surface area contributed by atoms with Gasteiger partial charge in [-0.15, -0.1) is 0 Å². The molecule has 0 spiro atoms. The molecule has 110 valence electrons. The predicted molar refractivity (Wildman–Crippen MR) is 75.4 cm³/mol. The molecule has 0 fully saturated rings.